The Morgan fingerprint density at radius 2 is 2.10 bits per heavy atom. The molecule has 1 fully saturated rings. The van der Waals surface area contributed by atoms with E-state index in [1.165, 1.54) is 32.4 Å². The Hall–Kier alpha value is -0.580. The highest BCUT2D eigenvalue weighted by molar-refractivity contribution is 9.10. The van der Waals surface area contributed by atoms with Gasteiger partial charge in [0.25, 0.3) is 5.91 Å². The summed E-state index contributed by atoms with van der Waals surface area (Å²) in [5.41, 5.74) is 0.524. The highest BCUT2D eigenvalue weighted by Crippen LogP contribution is 2.21. The molecule has 0 bridgehead atoms. The summed E-state index contributed by atoms with van der Waals surface area (Å²) < 4.78 is 0.860. The Balaban J connectivity index is 1.81. The zero-order valence-corrected chi connectivity index (χ0v) is 14.7. The zero-order chi connectivity index (χ0) is 15.2. The van der Waals surface area contributed by atoms with Gasteiger partial charge in [0, 0.05) is 17.6 Å². The van der Waals surface area contributed by atoms with Crippen LogP contribution in [0.5, 0.6) is 0 Å². The summed E-state index contributed by atoms with van der Waals surface area (Å²) in [6.07, 6.45) is 3.95. The molecule has 0 radical (unpaired) electrons. The highest BCUT2D eigenvalue weighted by atomic mass is 79.9. The van der Waals surface area contributed by atoms with Gasteiger partial charge in [0.1, 0.15) is 0 Å². The monoisotopic (exact) mass is 372 g/mol. The topological polar surface area (TPSA) is 32.3 Å². The van der Waals surface area contributed by atoms with E-state index in [1.807, 2.05) is 6.07 Å². The van der Waals surface area contributed by atoms with Gasteiger partial charge in [-0.25, -0.2) is 0 Å². The molecule has 1 saturated heterocycles. The molecule has 2 rings (SSSR count). The number of hydrogen-bond donors (Lipinski definition) is 1. The van der Waals surface area contributed by atoms with Crippen LogP contribution in [0.15, 0.2) is 22.7 Å². The molecule has 1 heterocycles. The Kier molecular flexibility index (Phi) is 6.52. The van der Waals surface area contributed by atoms with Crippen LogP contribution >= 0.6 is 27.5 Å². The number of halogens is 2. The number of nitrogens with zero attached hydrogens (tertiary/aromatic N) is 1. The number of likely N-dealkylation sites (tertiary alicyclic amines) is 1. The lowest BCUT2D eigenvalue weighted by molar-refractivity contribution is 0.0942. The Morgan fingerprint density at radius 1 is 1.38 bits per heavy atom. The standard InChI is InChI=1S/C16H22BrClN2O/c1-12(11-20-7-3-2-4-8-20)10-19-16(21)14-9-13(17)5-6-15(14)18/h5-6,9,12H,2-4,7-8,10-11H2,1H3,(H,19,21). The van der Waals surface area contributed by atoms with Gasteiger partial charge >= 0.3 is 0 Å². The lowest BCUT2D eigenvalue weighted by atomic mass is 10.1. The quantitative estimate of drug-likeness (QED) is 0.847. The van der Waals surface area contributed by atoms with E-state index < -0.39 is 0 Å². The van der Waals surface area contributed by atoms with Crippen LogP contribution in [0, 0.1) is 5.92 Å². The first kappa shape index (κ1) is 16.8. The van der Waals surface area contributed by atoms with Crippen LogP contribution in [0.3, 0.4) is 0 Å². The average Bonchev–Trinajstić information content (AvgIpc) is 2.48. The number of piperidine rings is 1. The summed E-state index contributed by atoms with van der Waals surface area (Å²) in [5.74, 6) is 0.338. The van der Waals surface area contributed by atoms with Gasteiger partial charge in [-0.15, -0.1) is 0 Å². The molecule has 0 spiro atoms. The summed E-state index contributed by atoms with van der Waals surface area (Å²) in [7, 11) is 0. The Morgan fingerprint density at radius 3 is 2.81 bits per heavy atom. The molecule has 1 amide bonds. The van der Waals surface area contributed by atoms with Crippen molar-refractivity contribution in [2.24, 2.45) is 5.92 Å². The van der Waals surface area contributed by atoms with Crippen LogP contribution in [0.4, 0.5) is 0 Å². The van der Waals surface area contributed by atoms with Gasteiger partial charge in [-0.1, -0.05) is 40.9 Å². The van der Waals surface area contributed by atoms with Crippen molar-refractivity contribution in [1.82, 2.24) is 10.2 Å². The molecule has 1 aromatic rings. The van der Waals surface area contributed by atoms with Crippen molar-refractivity contribution >= 4 is 33.4 Å². The smallest absolute Gasteiger partial charge is 0.252 e. The van der Waals surface area contributed by atoms with Crippen molar-refractivity contribution in [1.29, 1.82) is 0 Å². The van der Waals surface area contributed by atoms with Crippen molar-refractivity contribution in [2.45, 2.75) is 26.2 Å². The number of hydrogen-bond acceptors (Lipinski definition) is 2. The van der Waals surface area contributed by atoms with Crippen molar-refractivity contribution in [2.75, 3.05) is 26.2 Å². The number of carbonyl (C=O) groups is 1. The average molecular weight is 374 g/mol. The second kappa shape index (κ2) is 8.16. The van der Waals surface area contributed by atoms with E-state index in [2.05, 4.69) is 33.1 Å². The third kappa shape index (κ3) is 5.28. The molecule has 1 atom stereocenters. The van der Waals surface area contributed by atoms with Crippen LogP contribution in [-0.2, 0) is 0 Å². The molecule has 0 saturated carbocycles. The van der Waals surface area contributed by atoms with E-state index in [-0.39, 0.29) is 5.91 Å². The molecular weight excluding hydrogens is 352 g/mol. The third-order valence-electron chi connectivity index (χ3n) is 3.80. The fourth-order valence-electron chi connectivity index (χ4n) is 2.68. The van der Waals surface area contributed by atoms with Crippen LogP contribution in [0.2, 0.25) is 5.02 Å². The Labute approximate surface area is 140 Å². The van der Waals surface area contributed by atoms with Gasteiger partial charge in [-0.3, -0.25) is 4.79 Å². The van der Waals surface area contributed by atoms with Crippen LogP contribution in [-0.4, -0.2) is 37.0 Å². The first-order valence-corrected chi connectivity index (χ1v) is 8.69. The van der Waals surface area contributed by atoms with E-state index in [4.69, 9.17) is 11.6 Å². The molecule has 1 aromatic carbocycles. The van der Waals surface area contributed by atoms with Crippen LogP contribution in [0.25, 0.3) is 0 Å². The number of amides is 1. The van der Waals surface area contributed by atoms with Gasteiger partial charge < -0.3 is 10.2 Å². The molecule has 1 unspecified atom stereocenters. The highest BCUT2D eigenvalue weighted by Gasteiger charge is 2.15. The lowest BCUT2D eigenvalue weighted by Crippen LogP contribution is -2.38. The van der Waals surface area contributed by atoms with Crippen molar-refractivity contribution < 1.29 is 4.79 Å². The van der Waals surface area contributed by atoms with Gasteiger partial charge in [-0.05, 0) is 50.0 Å². The second-order valence-electron chi connectivity index (χ2n) is 5.80. The molecule has 0 aromatic heterocycles. The predicted octanol–water partition coefficient (Wildman–Crippen LogP) is 3.95. The summed E-state index contributed by atoms with van der Waals surface area (Å²) >= 11 is 9.44. The SMILES string of the molecule is CC(CNC(=O)c1cc(Br)ccc1Cl)CN1CCCCC1. The maximum atomic E-state index is 12.2. The normalized spacial score (nSPS) is 17.5. The largest absolute Gasteiger partial charge is 0.352 e. The maximum absolute atomic E-state index is 12.2. The number of nitrogens with one attached hydrogen (secondary N) is 1. The minimum atomic E-state index is -0.105. The lowest BCUT2D eigenvalue weighted by Gasteiger charge is -2.29. The van der Waals surface area contributed by atoms with Crippen molar-refractivity contribution in [3.63, 3.8) is 0 Å². The molecule has 0 aliphatic carbocycles. The van der Waals surface area contributed by atoms with E-state index in [0.717, 1.165) is 11.0 Å². The number of carbonyl (C=O) groups excluding carboxylic acids is 1. The van der Waals surface area contributed by atoms with E-state index in [1.54, 1.807) is 12.1 Å². The first-order chi connectivity index (χ1) is 10.1. The summed E-state index contributed by atoms with van der Waals surface area (Å²) in [6.45, 7) is 6.29. The molecule has 21 heavy (non-hydrogen) atoms. The van der Waals surface area contributed by atoms with E-state index in [0.29, 0.717) is 23.0 Å². The van der Waals surface area contributed by atoms with Crippen molar-refractivity contribution in [3.05, 3.63) is 33.3 Å². The Bertz CT molecular complexity index is 489. The van der Waals surface area contributed by atoms with Crippen molar-refractivity contribution in [3.8, 4) is 0 Å². The second-order valence-corrected chi connectivity index (χ2v) is 7.12. The molecule has 1 aliphatic rings. The fourth-order valence-corrected chi connectivity index (χ4v) is 3.25. The minimum Gasteiger partial charge on any atom is -0.352 e. The molecule has 116 valence electrons. The van der Waals surface area contributed by atoms with Gasteiger partial charge in [-0.2, -0.15) is 0 Å². The predicted molar refractivity (Wildman–Crippen MR) is 90.9 cm³/mol. The summed E-state index contributed by atoms with van der Waals surface area (Å²) in [4.78, 5) is 14.7. The zero-order valence-electron chi connectivity index (χ0n) is 12.4. The van der Waals surface area contributed by atoms with Gasteiger partial charge in [0.2, 0.25) is 0 Å². The van der Waals surface area contributed by atoms with E-state index in [9.17, 15) is 4.79 Å². The van der Waals surface area contributed by atoms with Gasteiger partial charge in [0.15, 0.2) is 0 Å². The van der Waals surface area contributed by atoms with E-state index >= 15 is 0 Å². The molecule has 5 heteroatoms. The third-order valence-corrected chi connectivity index (χ3v) is 4.63. The molecular formula is C16H22BrClN2O. The fraction of sp³-hybridized carbons (Fsp3) is 0.562. The van der Waals surface area contributed by atoms with Crippen LogP contribution < -0.4 is 5.32 Å². The molecule has 1 aliphatic heterocycles. The first-order valence-electron chi connectivity index (χ1n) is 7.52. The minimum absolute atomic E-state index is 0.105. The number of rotatable bonds is 5. The molecule has 1 N–H and O–H groups in total. The molecule has 3 nitrogen and oxygen atoms in total. The van der Waals surface area contributed by atoms with Crippen LogP contribution in [0.1, 0.15) is 36.5 Å². The van der Waals surface area contributed by atoms with Gasteiger partial charge in [0.05, 0.1) is 10.6 Å². The maximum Gasteiger partial charge on any atom is 0.252 e. The summed E-state index contributed by atoms with van der Waals surface area (Å²) in [6, 6.07) is 5.32. The summed E-state index contributed by atoms with van der Waals surface area (Å²) in [5, 5.41) is 3.47. The number of benzene rings is 1.